The predicted octanol–water partition coefficient (Wildman–Crippen LogP) is 4.86. The fraction of sp³-hybridized carbons (Fsp3) is 0.727. The van der Waals surface area contributed by atoms with Crippen molar-refractivity contribution < 1.29 is 14.3 Å². The molecule has 0 spiro atoms. The van der Waals surface area contributed by atoms with Crippen molar-refractivity contribution in [1.29, 1.82) is 0 Å². The summed E-state index contributed by atoms with van der Waals surface area (Å²) >= 11 is 0. The lowest BCUT2D eigenvalue weighted by Gasteiger charge is -2.57. The van der Waals surface area contributed by atoms with Crippen LogP contribution in [-0.4, -0.2) is 18.4 Å². The third kappa shape index (κ3) is 2.80. The van der Waals surface area contributed by atoms with E-state index >= 15 is 0 Å². The maximum Gasteiger partial charge on any atom is 0.334 e. The summed E-state index contributed by atoms with van der Waals surface area (Å²) in [4.78, 5) is 24.6. The summed E-state index contributed by atoms with van der Waals surface area (Å²) in [6.07, 6.45) is 7.54. The molecule has 1 heterocycles. The van der Waals surface area contributed by atoms with Crippen molar-refractivity contribution in [3.63, 3.8) is 0 Å². The van der Waals surface area contributed by atoms with E-state index in [9.17, 15) is 9.59 Å². The molecule has 3 rings (SSSR count). The molecule has 1 aliphatic heterocycles. The van der Waals surface area contributed by atoms with Gasteiger partial charge < -0.3 is 4.74 Å². The minimum absolute atomic E-state index is 0.0941. The van der Waals surface area contributed by atoms with Crippen LogP contribution in [0, 0.1) is 28.6 Å². The van der Waals surface area contributed by atoms with Crippen molar-refractivity contribution >= 4 is 11.8 Å². The van der Waals surface area contributed by atoms with Gasteiger partial charge in [-0.25, -0.2) is 4.79 Å². The first-order valence-electron chi connectivity index (χ1n) is 9.82. The van der Waals surface area contributed by atoms with Gasteiger partial charge in [0.05, 0.1) is 6.61 Å². The average Bonchev–Trinajstić information content (AvgIpc) is 2.89. The standard InChI is InChI=1S/C22H32O3/c1-6-21(4)18-10-7-14(2)17(22(18,5)12-11-19(21)23)9-8-16-15(3)13-25-20(16)24/h8,15,17-18H,2,6-7,9-13H2,1,3-5H3/b16-8+/t15-,17-,18-,21+,22+/m1/s1. The van der Waals surface area contributed by atoms with Crippen LogP contribution < -0.4 is 0 Å². The number of ether oxygens (including phenoxy) is 1. The molecule has 3 aliphatic rings. The van der Waals surface area contributed by atoms with Crippen LogP contribution in [0.4, 0.5) is 0 Å². The van der Waals surface area contributed by atoms with Crippen LogP contribution in [0.3, 0.4) is 0 Å². The Kier molecular flexibility index (Phi) is 4.72. The van der Waals surface area contributed by atoms with Gasteiger partial charge >= 0.3 is 5.97 Å². The number of ketones is 1. The number of esters is 1. The van der Waals surface area contributed by atoms with Crippen LogP contribution in [0.25, 0.3) is 0 Å². The molecular formula is C22H32O3. The van der Waals surface area contributed by atoms with Crippen LogP contribution in [0.2, 0.25) is 0 Å². The molecule has 0 aromatic rings. The topological polar surface area (TPSA) is 43.4 Å². The van der Waals surface area contributed by atoms with E-state index in [1.807, 2.05) is 6.92 Å². The van der Waals surface area contributed by atoms with Crippen molar-refractivity contribution in [1.82, 2.24) is 0 Å². The minimum Gasteiger partial charge on any atom is -0.462 e. The minimum atomic E-state index is -0.210. The number of rotatable bonds is 3. The second-order valence-electron chi connectivity index (χ2n) is 8.90. The Morgan fingerprint density at radius 3 is 2.60 bits per heavy atom. The number of hydrogen-bond donors (Lipinski definition) is 0. The number of allylic oxidation sites excluding steroid dienone is 2. The highest BCUT2D eigenvalue weighted by Gasteiger charge is 2.56. The first kappa shape index (κ1) is 18.4. The lowest BCUT2D eigenvalue weighted by atomic mass is 9.46. The van der Waals surface area contributed by atoms with Crippen LogP contribution in [-0.2, 0) is 14.3 Å². The highest BCUT2D eigenvalue weighted by atomic mass is 16.5. The second-order valence-corrected chi connectivity index (χ2v) is 8.90. The largest absolute Gasteiger partial charge is 0.462 e. The first-order chi connectivity index (χ1) is 11.7. The quantitative estimate of drug-likeness (QED) is 0.417. The van der Waals surface area contributed by atoms with E-state index in [0.717, 1.165) is 37.7 Å². The number of carbonyl (C=O) groups excluding carboxylic acids is 2. The number of fused-ring (bicyclic) bond motifs is 1. The van der Waals surface area contributed by atoms with Gasteiger partial charge in [-0.15, -0.1) is 0 Å². The maximum absolute atomic E-state index is 12.7. The summed E-state index contributed by atoms with van der Waals surface area (Å²) in [5.41, 5.74) is 2.00. The second kappa shape index (κ2) is 6.41. The van der Waals surface area contributed by atoms with Crippen molar-refractivity contribution in [3.8, 4) is 0 Å². The van der Waals surface area contributed by atoms with Gasteiger partial charge in [-0.3, -0.25) is 4.79 Å². The zero-order valence-corrected chi connectivity index (χ0v) is 16.2. The van der Waals surface area contributed by atoms with Gasteiger partial charge in [0.15, 0.2) is 0 Å². The monoisotopic (exact) mass is 344 g/mol. The Bertz CT molecular complexity index is 631. The summed E-state index contributed by atoms with van der Waals surface area (Å²) in [6.45, 7) is 13.6. The molecule has 5 atom stereocenters. The van der Waals surface area contributed by atoms with Gasteiger partial charge in [0, 0.05) is 23.3 Å². The van der Waals surface area contributed by atoms with E-state index in [-0.39, 0.29) is 22.7 Å². The molecule has 25 heavy (non-hydrogen) atoms. The fourth-order valence-electron chi connectivity index (χ4n) is 5.78. The molecule has 3 fully saturated rings. The smallest absolute Gasteiger partial charge is 0.334 e. The molecule has 0 bridgehead atoms. The van der Waals surface area contributed by atoms with Crippen LogP contribution in [0.15, 0.2) is 23.8 Å². The normalized spacial score (nSPS) is 43.3. The molecule has 0 aromatic heterocycles. The highest BCUT2D eigenvalue weighted by Crippen LogP contribution is 2.61. The van der Waals surface area contributed by atoms with Gasteiger partial charge in [0.2, 0.25) is 0 Å². The van der Waals surface area contributed by atoms with Crippen molar-refractivity contribution in [2.24, 2.45) is 28.6 Å². The Hall–Kier alpha value is -1.38. The zero-order chi connectivity index (χ0) is 18.4. The summed E-state index contributed by atoms with van der Waals surface area (Å²) in [5.74, 6) is 1.22. The van der Waals surface area contributed by atoms with Gasteiger partial charge in [0.1, 0.15) is 5.78 Å². The third-order valence-electron chi connectivity index (χ3n) is 7.67. The summed E-state index contributed by atoms with van der Waals surface area (Å²) in [7, 11) is 0. The zero-order valence-electron chi connectivity index (χ0n) is 16.2. The summed E-state index contributed by atoms with van der Waals surface area (Å²) in [5, 5.41) is 0. The molecule has 0 amide bonds. The number of Topliss-reactive ketones (excluding diaryl/α,β-unsaturated/α-hetero) is 1. The Morgan fingerprint density at radius 2 is 2.00 bits per heavy atom. The van der Waals surface area contributed by atoms with Crippen LogP contribution in [0.5, 0.6) is 0 Å². The molecule has 3 heteroatoms. The maximum atomic E-state index is 12.7. The molecule has 0 radical (unpaired) electrons. The number of hydrogen-bond acceptors (Lipinski definition) is 3. The molecule has 0 unspecified atom stereocenters. The summed E-state index contributed by atoms with van der Waals surface area (Å²) in [6, 6.07) is 0. The molecule has 1 saturated heterocycles. The average molecular weight is 344 g/mol. The van der Waals surface area contributed by atoms with Gasteiger partial charge in [-0.05, 0) is 49.4 Å². The molecule has 2 saturated carbocycles. The summed E-state index contributed by atoms with van der Waals surface area (Å²) < 4.78 is 5.17. The van der Waals surface area contributed by atoms with Gasteiger partial charge in [-0.1, -0.05) is 45.9 Å². The highest BCUT2D eigenvalue weighted by molar-refractivity contribution is 5.90. The van der Waals surface area contributed by atoms with E-state index in [2.05, 4.69) is 33.4 Å². The Morgan fingerprint density at radius 1 is 1.28 bits per heavy atom. The van der Waals surface area contributed by atoms with Crippen molar-refractivity contribution in [2.75, 3.05) is 6.61 Å². The van der Waals surface area contributed by atoms with Gasteiger partial charge in [0.25, 0.3) is 0 Å². The fourth-order valence-corrected chi connectivity index (χ4v) is 5.78. The molecule has 138 valence electrons. The van der Waals surface area contributed by atoms with E-state index < -0.39 is 0 Å². The molecule has 3 nitrogen and oxygen atoms in total. The lowest BCUT2D eigenvalue weighted by molar-refractivity contribution is -0.147. The van der Waals surface area contributed by atoms with Gasteiger partial charge in [-0.2, -0.15) is 0 Å². The molecule has 0 aromatic carbocycles. The number of carbonyl (C=O) groups is 2. The van der Waals surface area contributed by atoms with E-state index in [0.29, 0.717) is 30.6 Å². The van der Waals surface area contributed by atoms with Crippen LogP contribution in [0.1, 0.15) is 66.2 Å². The van der Waals surface area contributed by atoms with Crippen molar-refractivity contribution in [3.05, 3.63) is 23.8 Å². The SMILES string of the molecule is C=C1CC[C@H]2[C@@](C)(CCC(=O)[C@@]2(C)CC)[C@@H]1C/C=C1/C(=O)OC[C@H]1C. The molecule has 2 aliphatic carbocycles. The third-order valence-corrected chi connectivity index (χ3v) is 7.67. The lowest BCUT2D eigenvalue weighted by Crippen LogP contribution is -2.54. The van der Waals surface area contributed by atoms with E-state index in [1.165, 1.54) is 5.57 Å². The Balaban J connectivity index is 1.90. The number of cyclic esters (lactones) is 1. The predicted molar refractivity (Wildman–Crippen MR) is 98.9 cm³/mol. The van der Waals surface area contributed by atoms with Crippen LogP contribution >= 0.6 is 0 Å². The van der Waals surface area contributed by atoms with E-state index in [4.69, 9.17) is 4.74 Å². The first-order valence-corrected chi connectivity index (χ1v) is 9.82. The Labute approximate surface area is 151 Å². The van der Waals surface area contributed by atoms with E-state index in [1.54, 1.807) is 0 Å². The molecular weight excluding hydrogens is 312 g/mol. The van der Waals surface area contributed by atoms with Crippen molar-refractivity contribution in [2.45, 2.75) is 66.2 Å². The molecule has 0 N–H and O–H groups in total.